The molecule has 0 amide bonds. The van der Waals surface area contributed by atoms with E-state index in [0.717, 1.165) is 11.1 Å². The van der Waals surface area contributed by atoms with Crippen LogP contribution in [-0.4, -0.2) is 18.5 Å². The third-order valence-electron chi connectivity index (χ3n) is 2.08. The van der Waals surface area contributed by atoms with Crippen LogP contribution < -0.4 is 0 Å². The summed E-state index contributed by atoms with van der Waals surface area (Å²) in [6.07, 6.45) is 3.43. The summed E-state index contributed by atoms with van der Waals surface area (Å²) in [5.41, 5.74) is 5.52. The van der Waals surface area contributed by atoms with Gasteiger partial charge >= 0.3 is 0 Å². The number of hydrogen-bond donors (Lipinski definition) is 0. The number of carbonyl (C=O) groups excluding carboxylic acids is 1. The molecule has 0 aliphatic carbocycles. The van der Waals surface area contributed by atoms with E-state index in [2.05, 4.69) is 12.3 Å². The van der Waals surface area contributed by atoms with Crippen LogP contribution in [0.2, 0.25) is 0 Å². The third-order valence-corrected chi connectivity index (χ3v) is 2.08. The summed E-state index contributed by atoms with van der Waals surface area (Å²) >= 11 is 0. The van der Waals surface area contributed by atoms with Crippen LogP contribution in [0.3, 0.4) is 0 Å². The van der Waals surface area contributed by atoms with Crippen LogP contribution in [0.5, 0.6) is 0 Å². The van der Waals surface area contributed by atoms with Gasteiger partial charge in [-0.2, -0.15) is 0 Å². The monoisotopic (exact) mass is 234 g/mol. The third kappa shape index (κ3) is 6.72. The maximum absolute atomic E-state index is 11.9. The molecule has 0 aliphatic heterocycles. The van der Waals surface area contributed by atoms with E-state index in [0.29, 0.717) is 5.57 Å². The molecule has 0 spiro atoms. The molecule has 0 rings (SSSR count). The fourth-order valence-electron chi connectivity index (χ4n) is 1.06. The van der Waals surface area contributed by atoms with Gasteiger partial charge in [0.15, 0.2) is 5.78 Å². The van der Waals surface area contributed by atoms with Gasteiger partial charge in [0.25, 0.3) is 0 Å². The largest absolute Gasteiger partial charge is 0.371 e. The van der Waals surface area contributed by atoms with Crippen LogP contribution in [0.4, 0.5) is 0 Å². The molecule has 2 nitrogen and oxygen atoms in total. The summed E-state index contributed by atoms with van der Waals surface area (Å²) in [6, 6.07) is 0. The Hall–Kier alpha value is -1.37. The summed E-state index contributed by atoms with van der Waals surface area (Å²) in [5, 5.41) is 0. The van der Waals surface area contributed by atoms with Crippen molar-refractivity contribution in [2.75, 3.05) is 6.61 Å². The lowest BCUT2D eigenvalue weighted by molar-refractivity contribution is -0.121. The first kappa shape index (κ1) is 15.6. The summed E-state index contributed by atoms with van der Waals surface area (Å²) in [4.78, 5) is 11.9. The van der Waals surface area contributed by atoms with Gasteiger partial charge in [-0.15, -0.1) is 5.73 Å². The second-order valence-corrected chi connectivity index (χ2v) is 4.37. The van der Waals surface area contributed by atoms with Crippen molar-refractivity contribution in [3.8, 4) is 0 Å². The molecule has 0 aromatic heterocycles. The average Bonchev–Trinajstić information content (AvgIpc) is 2.25. The van der Waals surface area contributed by atoms with Gasteiger partial charge in [-0.05, 0) is 51.8 Å². The van der Waals surface area contributed by atoms with Gasteiger partial charge in [-0.25, -0.2) is 0 Å². The summed E-state index contributed by atoms with van der Waals surface area (Å²) < 4.78 is 5.31. The van der Waals surface area contributed by atoms with Gasteiger partial charge in [0.2, 0.25) is 0 Å². The number of ketones is 1. The van der Waals surface area contributed by atoms with Gasteiger partial charge in [0.05, 0.1) is 6.10 Å². The number of hydrogen-bond acceptors (Lipinski definition) is 2. The Balaban J connectivity index is 5.03. The van der Waals surface area contributed by atoms with Gasteiger partial charge < -0.3 is 4.74 Å². The molecule has 94 valence electrons. The molecule has 0 bridgehead atoms. The molecule has 0 aromatic carbocycles. The topological polar surface area (TPSA) is 26.3 Å². The lowest BCUT2D eigenvalue weighted by atomic mass is 10.1. The van der Waals surface area contributed by atoms with E-state index in [-0.39, 0.29) is 18.5 Å². The van der Waals surface area contributed by atoms with Gasteiger partial charge in [0, 0.05) is 5.57 Å². The van der Waals surface area contributed by atoms with Crippen LogP contribution in [0, 0.1) is 0 Å². The molecule has 0 N–H and O–H groups in total. The minimum atomic E-state index is -0.0372. The molecule has 0 radical (unpaired) electrons. The fourth-order valence-corrected chi connectivity index (χ4v) is 1.06. The van der Waals surface area contributed by atoms with E-state index in [4.69, 9.17) is 4.74 Å². The van der Waals surface area contributed by atoms with Crippen molar-refractivity contribution in [3.05, 3.63) is 41.2 Å². The number of rotatable bonds is 6. The van der Waals surface area contributed by atoms with Crippen LogP contribution in [0.1, 0.15) is 34.6 Å². The second kappa shape index (κ2) is 7.83. The van der Waals surface area contributed by atoms with Crippen LogP contribution in [0.25, 0.3) is 0 Å². The van der Waals surface area contributed by atoms with Crippen LogP contribution in [0.15, 0.2) is 41.2 Å². The quantitative estimate of drug-likeness (QED) is 0.399. The highest BCUT2D eigenvalue weighted by molar-refractivity contribution is 6.00. The van der Waals surface area contributed by atoms with Gasteiger partial charge in [0.1, 0.15) is 6.61 Å². The molecule has 0 unspecified atom stereocenters. The Labute approximate surface area is 104 Å². The molecule has 0 heterocycles. The van der Waals surface area contributed by atoms with E-state index in [9.17, 15) is 4.79 Å². The predicted molar refractivity (Wildman–Crippen MR) is 71.9 cm³/mol. The Bertz CT molecular complexity index is 374. The van der Waals surface area contributed by atoms with E-state index in [1.807, 2.05) is 34.6 Å². The lowest BCUT2D eigenvalue weighted by Gasteiger charge is -2.08. The fraction of sp³-hybridized carbons (Fsp3) is 0.467. The molecular weight excluding hydrogens is 212 g/mol. The van der Waals surface area contributed by atoms with Crippen molar-refractivity contribution in [3.63, 3.8) is 0 Å². The average molecular weight is 234 g/mol. The Morgan fingerprint density at radius 2 is 1.94 bits per heavy atom. The van der Waals surface area contributed by atoms with Crippen molar-refractivity contribution in [1.82, 2.24) is 0 Å². The standard InChI is InChI=1S/C15H22O2/c1-7-13(6)14(9-8-11(2)3)15(16)10-17-12(4)5/h7,9,12H,1,10H2,2-6H3/b14-13+. The van der Waals surface area contributed by atoms with E-state index in [1.165, 1.54) is 0 Å². The molecular formula is C15H22O2. The zero-order valence-electron chi connectivity index (χ0n) is 11.5. The van der Waals surface area contributed by atoms with Gasteiger partial charge in [-0.1, -0.05) is 12.7 Å². The van der Waals surface area contributed by atoms with E-state index < -0.39 is 0 Å². The predicted octanol–water partition coefficient (Wildman–Crippen LogP) is 3.60. The first-order chi connectivity index (χ1) is 7.88. The molecule has 2 heteroatoms. The smallest absolute Gasteiger partial charge is 0.189 e. The maximum atomic E-state index is 11.9. The van der Waals surface area contributed by atoms with E-state index in [1.54, 1.807) is 12.2 Å². The maximum Gasteiger partial charge on any atom is 0.189 e. The van der Waals surface area contributed by atoms with Crippen molar-refractivity contribution in [2.45, 2.75) is 40.7 Å². The Kier molecular flexibility index (Phi) is 7.20. The second-order valence-electron chi connectivity index (χ2n) is 4.37. The molecule has 17 heavy (non-hydrogen) atoms. The Morgan fingerprint density at radius 3 is 2.35 bits per heavy atom. The first-order valence-corrected chi connectivity index (χ1v) is 5.76. The molecule has 0 aliphatic rings. The highest BCUT2D eigenvalue weighted by Gasteiger charge is 2.10. The molecule has 0 saturated carbocycles. The van der Waals surface area contributed by atoms with Gasteiger partial charge in [-0.3, -0.25) is 4.79 Å². The number of Topliss-reactive ketones (excluding diaryl/α,β-unsaturated/α-hetero) is 1. The highest BCUT2D eigenvalue weighted by Crippen LogP contribution is 2.09. The molecule has 0 saturated heterocycles. The van der Waals surface area contributed by atoms with Crippen LogP contribution in [-0.2, 0) is 9.53 Å². The van der Waals surface area contributed by atoms with Crippen molar-refractivity contribution >= 4 is 5.78 Å². The molecule has 0 fully saturated rings. The van der Waals surface area contributed by atoms with Crippen molar-refractivity contribution < 1.29 is 9.53 Å². The van der Waals surface area contributed by atoms with Crippen LogP contribution >= 0.6 is 0 Å². The minimum absolute atomic E-state index is 0.0372. The Morgan fingerprint density at radius 1 is 1.35 bits per heavy atom. The molecule has 0 atom stereocenters. The van der Waals surface area contributed by atoms with Crippen molar-refractivity contribution in [1.29, 1.82) is 0 Å². The molecule has 0 aromatic rings. The SMILES string of the molecule is C=C/C(C)=C(\C=C=C(C)C)C(=O)COC(C)C. The zero-order chi connectivity index (χ0) is 13.4. The summed E-state index contributed by atoms with van der Waals surface area (Å²) in [6.45, 7) is 13.3. The minimum Gasteiger partial charge on any atom is -0.371 e. The first-order valence-electron chi connectivity index (χ1n) is 5.76. The zero-order valence-corrected chi connectivity index (χ0v) is 11.5. The normalized spacial score (nSPS) is 11.6. The highest BCUT2D eigenvalue weighted by atomic mass is 16.5. The van der Waals surface area contributed by atoms with Crippen molar-refractivity contribution in [2.24, 2.45) is 0 Å². The van der Waals surface area contributed by atoms with E-state index >= 15 is 0 Å². The number of ether oxygens (including phenoxy) is 1. The summed E-state index contributed by atoms with van der Waals surface area (Å²) in [7, 11) is 0. The lowest BCUT2D eigenvalue weighted by Crippen LogP contribution is -2.15. The summed E-state index contributed by atoms with van der Waals surface area (Å²) in [5.74, 6) is -0.0372. The number of allylic oxidation sites excluding steroid dienone is 3. The number of carbonyl (C=O) groups is 1.